The van der Waals surface area contributed by atoms with Crippen molar-refractivity contribution in [3.8, 4) is 0 Å². The Hall–Kier alpha value is -0.940. The average molecular weight is 355 g/mol. The Bertz CT molecular complexity index is 540. The third-order valence-electron chi connectivity index (χ3n) is 4.00. The van der Waals surface area contributed by atoms with Crippen molar-refractivity contribution in [2.75, 3.05) is 0 Å². The van der Waals surface area contributed by atoms with Crippen molar-refractivity contribution in [3.05, 3.63) is 34.3 Å². The normalized spacial score (nSPS) is 26.4. The first-order chi connectivity index (χ1) is 9.35. The lowest BCUT2D eigenvalue weighted by molar-refractivity contribution is -0.133. The highest BCUT2D eigenvalue weighted by Gasteiger charge is 2.51. The minimum Gasteiger partial charge on any atom is -0.392 e. The molecule has 20 heavy (non-hydrogen) atoms. The van der Waals surface area contributed by atoms with E-state index in [0.717, 1.165) is 22.9 Å². The van der Waals surface area contributed by atoms with E-state index in [1.807, 2.05) is 31.2 Å². The minimum atomic E-state index is -0.644. The molecule has 0 saturated heterocycles. The van der Waals surface area contributed by atoms with Crippen LogP contribution >= 0.6 is 28.1 Å². The fourth-order valence-corrected chi connectivity index (χ4v) is 3.50. The van der Waals surface area contributed by atoms with Crippen molar-refractivity contribution in [1.29, 1.82) is 0 Å². The second-order valence-electron chi connectivity index (χ2n) is 5.71. The summed E-state index contributed by atoms with van der Waals surface area (Å²) in [4.78, 5) is 12.8. The first-order valence-electron chi connectivity index (χ1n) is 6.71. The highest BCUT2D eigenvalue weighted by atomic mass is 79.9. The van der Waals surface area contributed by atoms with Crippen LogP contribution in [0, 0.1) is 11.3 Å². The predicted molar refractivity (Wildman–Crippen MR) is 88.3 cm³/mol. The molecule has 0 bridgehead atoms. The van der Waals surface area contributed by atoms with Gasteiger partial charge in [-0.3, -0.25) is 4.79 Å². The van der Waals surface area contributed by atoms with Crippen LogP contribution in [0.2, 0.25) is 0 Å². The number of carbonyl (C=O) groups excluding carboxylic acids is 1. The molecule has 1 unspecified atom stereocenters. The quantitative estimate of drug-likeness (QED) is 0.815. The molecule has 5 heteroatoms. The number of benzene rings is 1. The number of thiocarbonyl (C=S) groups is 1. The third-order valence-corrected chi connectivity index (χ3v) is 4.88. The maximum Gasteiger partial charge on any atom is 0.233 e. The number of halogens is 1. The molecule has 0 spiro atoms. The first-order valence-corrected chi connectivity index (χ1v) is 7.91. The Labute approximate surface area is 133 Å². The SMILES string of the molecule is CC1CC(C(=O)NC(C)c2cccc(Br)c2)(C(N)=S)C1. The van der Waals surface area contributed by atoms with Crippen molar-refractivity contribution < 1.29 is 4.79 Å². The minimum absolute atomic E-state index is 0.0458. The molecule has 1 aromatic rings. The van der Waals surface area contributed by atoms with E-state index in [9.17, 15) is 4.79 Å². The number of hydrogen-bond acceptors (Lipinski definition) is 2. The molecular formula is C15H19BrN2OS. The largest absolute Gasteiger partial charge is 0.392 e. The van der Waals surface area contributed by atoms with E-state index in [0.29, 0.717) is 10.9 Å². The van der Waals surface area contributed by atoms with Crippen molar-refractivity contribution >= 4 is 39.0 Å². The molecule has 1 aliphatic rings. The van der Waals surface area contributed by atoms with Gasteiger partial charge in [-0.15, -0.1) is 0 Å². The zero-order valence-corrected chi connectivity index (χ0v) is 14.1. The molecule has 0 aromatic heterocycles. The molecule has 1 amide bonds. The Morgan fingerprint density at radius 1 is 1.55 bits per heavy atom. The lowest BCUT2D eigenvalue weighted by atomic mass is 9.62. The average Bonchev–Trinajstić information content (AvgIpc) is 2.34. The van der Waals surface area contributed by atoms with Gasteiger partial charge in [-0.1, -0.05) is 47.2 Å². The molecule has 1 aliphatic carbocycles. The van der Waals surface area contributed by atoms with Crippen LogP contribution in [0.4, 0.5) is 0 Å². The monoisotopic (exact) mass is 354 g/mol. The first kappa shape index (κ1) is 15.4. The number of amides is 1. The molecule has 0 radical (unpaired) electrons. The topological polar surface area (TPSA) is 55.1 Å². The summed E-state index contributed by atoms with van der Waals surface area (Å²) in [6.07, 6.45) is 1.50. The summed E-state index contributed by atoms with van der Waals surface area (Å²) in [6, 6.07) is 7.84. The third kappa shape index (κ3) is 2.88. The van der Waals surface area contributed by atoms with Crippen molar-refractivity contribution in [3.63, 3.8) is 0 Å². The number of rotatable bonds is 4. The summed E-state index contributed by atoms with van der Waals surface area (Å²) in [5.41, 5.74) is 6.21. The van der Waals surface area contributed by atoms with Crippen LogP contribution in [0.25, 0.3) is 0 Å². The summed E-state index contributed by atoms with van der Waals surface area (Å²) in [5.74, 6) is 0.457. The number of hydrogen-bond donors (Lipinski definition) is 2. The smallest absolute Gasteiger partial charge is 0.233 e. The fraction of sp³-hybridized carbons (Fsp3) is 0.467. The van der Waals surface area contributed by atoms with Crippen molar-refractivity contribution in [2.45, 2.75) is 32.7 Å². The molecule has 1 atom stereocenters. The maximum atomic E-state index is 12.5. The van der Waals surface area contributed by atoms with Gasteiger partial charge in [-0.05, 0) is 43.4 Å². The van der Waals surface area contributed by atoms with Crippen molar-refractivity contribution in [2.24, 2.45) is 17.1 Å². The zero-order valence-electron chi connectivity index (χ0n) is 11.7. The Kier molecular flexibility index (Phi) is 4.49. The Morgan fingerprint density at radius 2 is 2.20 bits per heavy atom. The van der Waals surface area contributed by atoms with E-state index in [1.165, 1.54) is 0 Å². The molecule has 1 aromatic carbocycles. The van der Waals surface area contributed by atoms with E-state index >= 15 is 0 Å². The van der Waals surface area contributed by atoms with Gasteiger partial charge in [0.25, 0.3) is 0 Å². The number of nitrogens with two attached hydrogens (primary N) is 1. The van der Waals surface area contributed by atoms with E-state index in [4.69, 9.17) is 18.0 Å². The van der Waals surface area contributed by atoms with E-state index in [-0.39, 0.29) is 11.9 Å². The van der Waals surface area contributed by atoms with Gasteiger partial charge in [0.2, 0.25) is 5.91 Å². The van der Waals surface area contributed by atoms with Crippen LogP contribution in [-0.4, -0.2) is 10.9 Å². The highest BCUT2D eigenvalue weighted by molar-refractivity contribution is 9.10. The summed E-state index contributed by atoms with van der Waals surface area (Å²) in [5, 5.41) is 3.04. The van der Waals surface area contributed by atoms with Crippen molar-refractivity contribution in [1.82, 2.24) is 5.32 Å². The second-order valence-corrected chi connectivity index (χ2v) is 7.07. The molecule has 3 N–H and O–H groups in total. The molecule has 1 saturated carbocycles. The van der Waals surface area contributed by atoms with Crippen LogP contribution in [-0.2, 0) is 4.79 Å². The molecule has 1 fully saturated rings. The maximum absolute atomic E-state index is 12.5. The Balaban J connectivity index is 2.09. The summed E-state index contributed by atoms with van der Waals surface area (Å²) in [6.45, 7) is 4.08. The van der Waals surface area contributed by atoms with Crippen LogP contribution in [0.1, 0.15) is 38.3 Å². The van der Waals surface area contributed by atoms with Gasteiger partial charge in [0.05, 0.1) is 16.4 Å². The summed E-state index contributed by atoms with van der Waals surface area (Å²) >= 11 is 8.55. The molecular weight excluding hydrogens is 336 g/mol. The standard InChI is InChI=1S/C15H19BrN2OS/c1-9-7-15(8-9,13(17)20)14(19)18-10(2)11-4-3-5-12(16)6-11/h3-6,9-10H,7-8H2,1-2H3,(H2,17,20)(H,18,19). The van der Waals surface area contributed by atoms with E-state index < -0.39 is 5.41 Å². The van der Waals surface area contributed by atoms with E-state index in [2.05, 4.69) is 28.2 Å². The molecule has 108 valence electrons. The van der Waals surface area contributed by atoms with E-state index in [1.54, 1.807) is 0 Å². The lowest BCUT2D eigenvalue weighted by Gasteiger charge is -2.44. The zero-order chi connectivity index (χ0) is 14.9. The molecule has 0 heterocycles. The van der Waals surface area contributed by atoms with Gasteiger partial charge in [-0.25, -0.2) is 0 Å². The van der Waals surface area contributed by atoms with Gasteiger partial charge in [0, 0.05) is 4.47 Å². The lowest BCUT2D eigenvalue weighted by Crippen LogP contribution is -2.56. The van der Waals surface area contributed by atoms with Crippen LogP contribution in [0.5, 0.6) is 0 Å². The fourth-order valence-electron chi connectivity index (χ4n) is 2.82. The number of carbonyl (C=O) groups is 1. The van der Waals surface area contributed by atoms with Gasteiger partial charge < -0.3 is 11.1 Å². The summed E-state index contributed by atoms with van der Waals surface area (Å²) in [7, 11) is 0. The van der Waals surface area contributed by atoms with Crippen LogP contribution in [0.3, 0.4) is 0 Å². The Morgan fingerprint density at radius 3 is 2.70 bits per heavy atom. The van der Waals surface area contributed by atoms with Gasteiger partial charge >= 0.3 is 0 Å². The van der Waals surface area contributed by atoms with Gasteiger partial charge in [0.15, 0.2) is 0 Å². The van der Waals surface area contributed by atoms with Gasteiger partial charge in [0.1, 0.15) is 0 Å². The highest BCUT2D eigenvalue weighted by Crippen LogP contribution is 2.46. The molecule has 2 rings (SSSR count). The molecule has 0 aliphatic heterocycles. The summed E-state index contributed by atoms with van der Waals surface area (Å²) < 4.78 is 0.998. The van der Waals surface area contributed by atoms with Crippen LogP contribution < -0.4 is 11.1 Å². The van der Waals surface area contributed by atoms with Gasteiger partial charge in [-0.2, -0.15) is 0 Å². The predicted octanol–water partition coefficient (Wildman–Crippen LogP) is 3.33. The second kappa shape index (κ2) is 5.82. The molecule has 3 nitrogen and oxygen atoms in total. The number of nitrogens with one attached hydrogen (secondary N) is 1. The van der Waals surface area contributed by atoms with Crippen LogP contribution in [0.15, 0.2) is 28.7 Å².